The third-order valence-corrected chi connectivity index (χ3v) is 4.71. The Balaban J connectivity index is 1.63. The van der Waals surface area contributed by atoms with Crippen molar-refractivity contribution in [2.45, 2.75) is 69.5 Å². The van der Waals surface area contributed by atoms with E-state index in [-0.39, 0.29) is 6.10 Å². The summed E-state index contributed by atoms with van der Waals surface area (Å²) < 4.78 is 29.4. The lowest BCUT2D eigenvalue weighted by molar-refractivity contribution is -0.261. The second kappa shape index (κ2) is 6.03. The highest BCUT2D eigenvalue weighted by atomic mass is 16.8. The zero-order valence-electron chi connectivity index (χ0n) is 15.4. The molecule has 0 aliphatic carbocycles. The summed E-state index contributed by atoms with van der Waals surface area (Å²) in [4.78, 5) is 0. The van der Waals surface area contributed by atoms with Crippen molar-refractivity contribution in [3.63, 3.8) is 0 Å². The van der Waals surface area contributed by atoms with E-state index in [2.05, 4.69) is 11.8 Å². The monoisotopic (exact) mass is 360 g/mol. The van der Waals surface area contributed by atoms with E-state index in [1.165, 1.54) is 0 Å². The van der Waals surface area contributed by atoms with E-state index in [1.807, 2.05) is 58.0 Å². The lowest BCUT2D eigenvalue weighted by atomic mass is 10.0. The van der Waals surface area contributed by atoms with Crippen LogP contribution in [0.4, 0.5) is 0 Å². The Kier molecular flexibility index (Phi) is 4.16. The van der Waals surface area contributed by atoms with Gasteiger partial charge >= 0.3 is 0 Å². The van der Waals surface area contributed by atoms with E-state index in [9.17, 15) is 5.11 Å². The van der Waals surface area contributed by atoms with E-state index >= 15 is 0 Å². The Morgan fingerprint density at radius 2 is 1.65 bits per heavy atom. The topological polar surface area (TPSA) is 66.4 Å². The molecule has 26 heavy (non-hydrogen) atoms. The molecule has 3 fully saturated rings. The summed E-state index contributed by atoms with van der Waals surface area (Å²) in [5, 5.41) is 11.1. The zero-order chi connectivity index (χ0) is 18.6. The zero-order valence-corrected chi connectivity index (χ0v) is 15.4. The molecule has 3 aliphatic rings. The van der Waals surface area contributed by atoms with Crippen LogP contribution in [0.2, 0.25) is 0 Å². The number of hydrogen-bond donors (Lipinski definition) is 1. The van der Waals surface area contributed by atoms with E-state index in [1.54, 1.807) is 0 Å². The summed E-state index contributed by atoms with van der Waals surface area (Å²) in [5.41, 5.74) is 0.782. The third-order valence-electron chi connectivity index (χ3n) is 4.71. The van der Waals surface area contributed by atoms with Gasteiger partial charge in [-0.15, -0.1) is 0 Å². The Morgan fingerprint density at radius 3 is 2.31 bits per heavy atom. The van der Waals surface area contributed by atoms with Gasteiger partial charge in [0, 0.05) is 5.56 Å². The summed E-state index contributed by atoms with van der Waals surface area (Å²) in [6.07, 6.45) is -2.14. The quantitative estimate of drug-likeness (QED) is 0.771. The maximum absolute atomic E-state index is 11.1. The van der Waals surface area contributed by atoms with Crippen molar-refractivity contribution in [2.75, 3.05) is 6.61 Å². The molecule has 0 bridgehead atoms. The molecule has 6 heteroatoms. The molecule has 6 nitrogen and oxygen atoms in total. The van der Waals surface area contributed by atoms with E-state index in [0.29, 0.717) is 6.61 Å². The van der Waals surface area contributed by atoms with Crippen molar-refractivity contribution in [1.82, 2.24) is 0 Å². The Bertz CT molecular complexity index is 734. The minimum Gasteiger partial charge on any atom is -0.353 e. The van der Waals surface area contributed by atoms with Gasteiger partial charge in [-0.25, -0.2) is 0 Å². The first-order chi connectivity index (χ1) is 12.2. The van der Waals surface area contributed by atoms with Crippen molar-refractivity contribution in [2.24, 2.45) is 0 Å². The number of aliphatic hydroxyl groups is 1. The minimum absolute atomic E-state index is 0.354. The Labute approximate surface area is 153 Å². The fraction of sp³-hybridized carbons (Fsp3) is 0.600. The normalized spacial score (nSPS) is 40.0. The van der Waals surface area contributed by atoms with Gasteiger partial charge in [-0.05, 0) is 45.7 Å². The average Bonchev–Trinajstić information content (AvgIpc) is 3.18. The van der Waals surface area contributed by atoms with Crippen LogP contribution in [0.15, 0.2) is 30.3 Å². The molecular weight excluding hydrogens is 336 g/mol. The van der Waals surface area contributed by atoms with Crippen LogP contribution in [-0.2, 0) is 23.7 Å². The second-order valence-electron chi connectivity index (χ2n) is 7.78. The molecule has 1 aromatic rings. The van der Waals surface area contributed by atoms with Crippen molar-refractivity contribution in [3.8, 4) is 11.8 Å². The average molecular weight is 360 g/mol. The molecular formula is C20H24O6. The van der Waals surface area contributed by atoms with Crippen molar-refractivity contribution < 1.29 is 28.8 Å². The number of rotatable bonds is 1. The molecule has 140 valence electrons. The summed E-state index contributed by atoms with van der Waals surface area (Å²) in [5.74, 6) is 2.48. The molecule has 1 N–H and O–H groups in total. The molecule has 4 rings (SSSR count). The maximum atomic E-state index is 11.1. The van der Waals surface area contributed by atoms with Crippen molar-refractivity contribution >= 4 is 0 Å². The van der Waals surface area contributed by atoms with Gasteiger partial charge < -0.3 is 28.8 Å². The molecule has 1 unspecified atom stereocenters. The number of benzene rings is 1. The van der Waals surface area contributed by atoms with Crippen LogP contribution in [0.25, 0.3) is 0 Å². The molecule has 1 aromatic carbocycles. The number of fused-ring (bicyclic) bond motifs is 1. The number of ether oxygens (including phenoxy) is 5. The van der Waals surface area contributed by atoms with Crippen LogP contribution in [-0.4, -0.2) is 53.5 Å². The van der Waals surface area contributed by atoms with Gasteiger partial charge in [-0.1, -0.05) is 24.1 Å². The lowest BCUT2D eigenvalue weighted by Gasteiger charge is -2.28. The van der Waals surface area contributed by atoms with Gasteiger partial charge in [0.05, 0.1) is 6.61 Å². The first kappa shape index (κ1) is 17.9. The molecule has 0 spiro atoms. The minimum atomic E-state index is -1.78. The highest BCUT2D eigenvalue weighted by Crippen LogP contribution is 2.45. The highest BCUT2D eigenvalue weighted by molar-refractivity contribution is 5.36. The van der Waals surface area contributed by atoms with Gasteiger partial charge in [0.15, 0.2) is 17.7 Å². The second-order valence-corrected chi connectivity index (χ2v) is 7.78. The van der Waals surface area contributed by atoms with Crippen LogP contribution in [0.3, 0.4) is 0 Å². The Morgan fingerprint density at radius 1 is 0.923 bits per heavy atom. The standard InChI is InChI=1S/C20H24O6/c1-18(2)22-12-14(23-18)15-16-17(26-19(3,4)24-16)20(21,25-15)11-10-13-8-6-5-7-9-13/h5-9,14-17,21H,12H2,1-4H3/t14-,15+,16-,17-,20?/m0/s1. The number of hydrogen-bond acceptors (Lipinski definition) is 6. The predicted molar refractivity (Wildman–Crippen MR) is 91.9 cm³/mol. The largest absolute Gasteiger partial charge is 0.353 e. The van der Waals surface area contributed by atoms with E-state index in [4.69, 9.17) is 23.7 Å². The molecule has 0 amide bonds. The van der Waals surface area contributed by atoms with Crippen molar-refractivity contribution in [1.29, 1.82) is 0 Å². The SMILES string of the molecule is CC1(C)OC[C@@H]([C@H]2OC(O)(C#Cc3ccccc3)[C@H]3OC(C)(C)O[C@@H]23)O1. The van der Waals surface area contributed by atoms with Crippen molar-refractivity contribution in [3.05, 3.63) is 35.9 Å². The molecule has 3 saturated heterocycles. The first-order valence-electron chi connectivity index (χ1n) is 8.83. The van der Waals surface area contributed by atoms with Crippen LogP contribution >= 0.6 is 0 Å². The molecule has 5 atom stereocenters. The van der Waals surface area contributed by atoms with Gasteiger partial charge in [0.1, 0.15) is 18.3 Å². The van der Waals surface area contributed by atoms with Gasteiger partial charge in [-0.3, -0.25) is 0 Å². The van der Waals surface area contributed by atoms with Crippen LogP contribution in [0.5, 0.6) is 0 Å². The summed E-state index contributed by atoms with van der Waals surface area (Å²) in [7, 11) is 0. The smallest absolute Gasteiger partial charge is 0.262 e. The molecule has 0 aromatic heterocycles. The van der Waals surface area contributed by atoms with Crippen LogP contribution in [0, 0.1) is 11.8 Å². The fourth-order valence-corrected chi connectivity index (χ4v) is 3.62. The van der Waals surface area contributed by atoms with E-state index in [0.717, 1.165) is 5.56 Å². The third kappa shape index (κ3) is 3.27. The summed E-state index contributed by atoms with van der Waals surface area (Å²) in [6.45, 7) is 7.66. The van der Waals surface area contributed by atoms with Gasteiger partial charge in [0.2, 0.25) is 0 Å². The van der Waals surface area contributed by atoms with Gasteiger partial charge in [0.25, 0.3) is 5.79 Å². The lowest BCUT2D eigenvalue weighted by Crippen LogP contribution is -2.42. The maximum Gasteiger partial charge on any atom is 0.262 e. The fourth-order valence-electron chi connectivity index (χ4n) is 3.62. The first-order valence-corrected chi connectivity index (χ1v) is 8.83. The van der Waals surface area contributed by atoms with Crippen LogP contribution < -0.4 is 0 Å². The highest BCUT2D eigenvalue weighted by Gasteiger charge is 2.65. The molecule has 0 radical (unpaired) electrons. The summed E-state index contributed by atoms with van der Waals surface area (Å²) >= 11 is 0. The Hall–Kier alpha value is -1.46. The molecule has 3 heterocycles. The summed E-state index contributed by atoms with van der Waals surface area (Å²) in [6, 6.07) is 9.42. The predicted octanol–water partition coefficient (Wildman–Crippen LogP) is 1.80. The van der Waals surface area contributed by atoms with E-state index < -0.39 is 35.7 Å². The molecule has 0 saturated carbocycles. The van der Waals surface area contributed by atoms with Gasteiger partial charge in [-0.2, -0.15) is 0 Å². The molecule has 3 aliphatic heterocycles. The van der Waals surface area contributed by atoms with Crippen LogP contribution in [0.1, 0.15) is 33.3 Å².